The number of nitrogens with zero attached hydrogens (tertiary/aromatic N) is 3. The Morgan fingerprint density at radius 2 is 2.19 bits per heavy atom. The van der Waals surface area contributed by atoms with E-state index < -0.39 is 6.09 Å². The lowest BCUT2D eigenvalue weighted by molar-refractivity contribution is -0.116. The van der Waals surface area contributed by atoms with Crippen molar-refractivity contribution in [2.45, 2.75) is 13.0 Å². The highest BCUT2D eigenvalue weighted by Crippen LogP contribution is 2.22. The Bertz CT molecular complexity index is 1070. The van der Waals surface area contributed by atoms with Crippen LogP contribution in [-0.4, -0.2) is 34.7 Å². The Labute approximate surface area is 158 Å². The van der Waals surface area contributed by atoms with Gasteiger partial charge in [0.05, 0.1) is 18.3 Å². The molecule has 1 aliphatic rings. The van der Waals surface area contributed by atoms with E-state index >= 15 is 0 Å². The van der Waals surface area contributed by atoms with Crippen molar-refractivity contribution in [1.29, 1.82) is 0 Å². The van der Waals surface area contributed by atoms with Gasteiger partial charge in [-0.15, -0.1) is 11.3 Å². The van der Waals surface area contributed by atoms with Crippen LogP contribution < -0.4 is 15.8 Å². The maximum absolute atomic E-state index is 12.3. The van der Waals surface area contributed by atoms with Crippen LogP contribution in [0.1, 0.15) is 6.42 Å². The average molecular weight is 384 g/mol. The van der Waals surface area contributed by atoms with Crippen molar-refractivity contribution in [3.63, 3.8) is 0 Å². The van der Waals surface area contributed by atoms with E-state index in [0.29, 0.717) is 34.7 Å². The average Bonchev–Trinajstić information content (AvgIpc) is 3.30. The number of aryl methyl sites for hydroxylation is 1. The van der Waals surface area contributed by atoms with Crippen molar-refractivity contribution in [3.05, 3.63) is 52.4 Å². The Morgan fingerprint density at radius 3 is 3.00 bits per heavy atom. The lowest BCUT2D eigenvalue weighted by atomic mass is 10.2. The van der Waals surface area contributed by atoms with Crippen LogP contribution in [0.15, 0.2) is 46.8 Å². The number of thiophene rings is 1. The van der Waals surface area contributed by atoms with Gasteiger partial charge in [-0.05, 0) is 29.6 Å². The van der Waals surface area contributed by atoms with Crippen LogP contribution in [0.3, 0.4) is 0 Å². The highest BCUT2D eigenvalue weighted by Gasteiger charge is 2.23. The third-order valence-corrected chi connectivity index (χ3v) is 5.05. The van der Waals surface area contributed by atoms with Gasteiger partial charge in [0.15, 0.2) is 0 Å². The molecule has 3 aromatic rings. The Kier molecular flexibility index (Phi) is 4.59. The van der Waals surface area contributed by atoms with Gasteiger partial charge in [0, 0.05) is 24.3 Å². The minimum atomic E-state index is -0.394. The quantitative estimate of drug-likeness (QED) is 0.729. The highest BCUT2D eigenvalue weighted by atomic mass is 32.1. The molecule has 0 atom stereocenters. The maximum Gasteiger partial charge on any atom is 0.414 e. The molecule has 138 valence electrons. The first-order valence-corrected chi connectivity index (χ1v) is 9.26. The number of carbonyl (C=O) groups is 2. The maximum atomic E-state index is 12.3. The van der Waals surface area contributed by atoms with Crippen molar-refractivity contribution < 1.29 is 14.3 Å². The first-order chi connectivity index (χ1) is 13.1. The van der Waals surface area contributed by atoms with Gasteiger partial charge in [-0.3, -0.25) is 19.1 Å². The molecule has 0 unspecified atom stereocenters. The lowest BCUT2D eigenvalue weighted by Crippen LogP contribution is -2.24. The smallest absolute Gasteiger partial charge is 0.414 e. The molecule has 4 rings (SSSR count). The summed E-state index contributed by atoms with van der Waals surface area (Å²) in [4.78, 5) is 42.7. The fraction of sp³-hybridized carbons (Fsp3) is 0.222. The van der Waals surface area contributed by atoms with Gasteiger partial charge in [-0.1, -0.05) is 6.07 Å². The van der Waals surface area contributed by atoms with Crippen LogP contribution in [0.5, 0.6) is 0 Å². The number of anilines is 2. The molecule has 2 amide bonds. The fourth-order valence-electron chi connectivity index (χ4n) is 2.88. The van der Waals surface area contributed by atoms with Crippen LogP contribution in [0.4, 0.5) is 16.2 Å². The number of fused-ring (bicyclic) bond motifs is 1. The molecule has 2 aromatic heterocycles. The van der Waals surface area contributed by atoms with Crippen LogP contribution >= 0.6 is 11.3 Å². The van der Waals surface area contributed by atoms with Crippen LogP contribution in [0, 0.1) is 0 Å². The molecule has 8 nitrogen and oxygen atoms in total. The number of carbonyl (C=O) groups excluding carboxylic acids is 2. The van der Waals surface area contributed by atoms with Crippen molar-refractivity contribution >= 4 is 44.9 Å². The number of benzene rings is 1. The minimum absolute atomic E-state index is 0.132. The normalized spacial score (nSPS) is 13.8. The molecule has 0 bridgehead atoms. The number of hydrogen-bond acceptors (Lipinski definition) is 6. The number of amides is 2. The molecule has 1 saturated heterocycles. The summed E-state index contributed by atoms with van der Waals surface area (Å²) in [5, 5.41) is 5.17. The van der Waals surface area contributed by atoms with Crippen molar-refractivity contribution in [2.24, 2.45) is 0 Å². The molecule has 1 fully saturated rings. The van der Waals surface area contributed by atoms with E-state index in [-0.39, 0.29) is 24.4 Å². The van der Waals surface area contributed by atoms with Crippen LogP contribution in [0.2, 0.25) is 0 Å². The molecule has 1 N–H and O–H groups in total. The van der Waals surface area contributed by atoms with E-state index in [1.807, 2.05) is 5.38 Å². The van der Waals surface area contributed by atoms with E-state index in [4.69, 9.17) is 4.74 Å². The predicted octanol–water partition coefficient (Wildman–Crippen LogP) is 2.44. The first kappa shape index (κ1) is 17.2. The van der Waals surface area contributed by atoms with E-state index in [9.17, 15) is 14.4 Å². The number of hydrogen-bond donors (Lipinski definition) is 1. The van der Waals surface area contributed by atoms with E-state index in [1.165, 1.54) is 27.1 Å². The van der Waals surface area contributed by atoms with Gasteiger partial charge in [0.25, 0.3) is 5.56 Å². The van der Waals surface area contributed by atoms with Crippen molar-refractivity contribution in [1.82, 2.24) is 9.55 Å². The summed E-state index contributed by atoms with van der Waals surface area (Å²) in [6.07, 6.45) is 1.20. The van der Waals surface area contributed by atoms with Gasteiger partial charge in [0.1, 0.15) is 11.4 Å². The molecular weight excluding hydrogens is 368 g/mol. The summed E-state index contributed by atoms with van der Waals surface area (Å²) in [6, 6.07) is 8.74. The fourth-order valence-corrected chi connectivity index (χ4v) is 3.60. The first-order valence-electron chi connectivity index (χ1n) is 8.39. The molecule has 0 aliphatic carbocycles. The summed E-state index contributed by atoms with van der Waals surface area (Å²) in [7, 11) is 0. The molecule has 1 aromatic carbocycles. The molecule has 1 aliphatic heterocycles. The standard InChI is InChI=1S/C18H16N4O4S/c23-15(4-6-21-11-19-16-14(17(21)24)5-9-27-16)20-12-2-1-3-13(10-12)22-7-8-26-18(22)25/h1-3,5,9-11H,4,6-8H2,(H,20,23). The summed E-state index contributed by atoms with van der Waals surface area (Å²) < 4.78 is 6.36. The second-order valence-corrected chi connectivity index (χ2v) is 6.89. The molecule has 27 heavy (non-hydrogen) atoms. The Hall–Kier alpha value is -3.20. The number of ether oxygens (including phenoxy) is 1. The van der Waals surface area contributed by atoms with E-state index in [2.05, 4.69) is 10.3 Å². The molecular formula is C18H16N4O4S. The third kappa shape index (κ3) is 3.54. The SMILES string of the molecule is O=C(CCn1cnc2sccc2c1=O)Nc1cccc(N2CCOC2=O)c1. The number of rotatable bonds is 5. The predicted molar refractivity (Wildman–Crippen MR) is 102 cm³/mol. The van der Waals surface area contributed by atoms with Gasteiger partial charge in [0.2, 0.25) is 5.91 Å². The number of nitrogens with one attached hydrogen (secondary N) is 1. The Balaban J connectivity index is 1.41. The Morgan fingerprint density at radius 1 is 1.30 bits per heavy atom. The minimum Gasteiger partial charge on any atom is -0.447 e. The summed E-state index contributed by atoms with van der Waals surface area (Å²) >= 11 is 1.41. The second-order valence-electron chi connectivity index (χ2n) is 6.00. The summed E-state index contributed by atoms with van der Waals surface area (Å²) in [5.41, 5.74) is 1.10. The van der Waals surface area contributed by atoms with Gasteiger partial charge in [-0.25, -0.2) is 9.78 Å². The van der Waals surface area contributed by atoms with E-state index in [1.54, 1.807) is 30.3 Å². The number of aromatic nitrogens is 2. The third-order valence-electron chi connectivity index (χ3n) is 4.23. The zero-order valence-corrected chi connectivity index (χ0v) is 15.1. The van der Waals surface area contributed by atoms with Gasteiger partial charge in [-0.2, -0.15) is 0 Å². The van der Waals surface area contributed by atoms with Gasteiger partial charge >= 0.3 is 6.09 Å². The second kappa shape index (κ2) is 7.20. The van der Waals surface area contributed by atoms with E-state index in [0.717, 1.165) is 0 Å². The molecule has 0 radical (unpaired) electrons. The number of cyclic esters (lactones) is 1. The zero-order chi connectivity index (χ0) is 18.8. The summed E-state index contributed by atoms with van der Waals surface area (Å²) in [5.74, 6) is -0.228. The van der Waals surface area contributed by atoms with Crippen molar-refractivity contribution in [2.75, 3.05) is 23.4 Å². The molecule has 3 heterocycles. The molecule has 0 saturated carbocycles. The lowest BCUT2D eigenvalue weighted by Gasteiger charge is -2.14. The monoisotopic (exact) mass is 384 g/mol. The van der Waals surface area contributed by atoms with Crippen LogP contribution in [0.25, 0.3) is 10.2 Å². The summed E-state index contributed by atoms with van der Waals surface area (Å²) in [6.45, 7) is 1.07. The van der Waals surface area contributed by atoms with Crippen LogP contribution in [-0.2, 0) is 16.1 Å². The highest BCUT2D eigenvalue weighted by molar-refractivity contribution is 7.16. The topological polar surface area (TPSA) is 93.5 Å². The van der Waals surface area contributed by atoms with Crippen molar-refractivity contribution in [3.8, 4) is 0 Å². The zero-order valence-electron chi connectivity index (χ0n) is 14.3. The van der Waals surface area contributed by atoms with Gasteiger partial charge < -0.3 is 10.1 Å². The molecule has 9 heteroatoms. The molecule has 0 spiro atoms. The largest absolute Gasteiger partial charge is 0.447 e.